The van der Waals surface area contributed by atoms with Crippen LogP contribution >= 0.6 is 0 Å². The fraction of sp³-hybridized carbons (Fsp3) is 0.317. The van der Waals surface area contributed by atoms with E-state index >= 15 is 0 Å². The quantitative estimate of drug-likeness (QED) is 0.215. The molecule has 0 saturated carbocycles. The van der Waals surface area contributed by atoms with E-state index in [4.69, 9.17) is 14.6 Å². The van der Waals surface area contributed by atoms with E-state index in [9.17, 15) is 4.79 Å². The topological polar surface area (TPSA) is 196 Å². The van der Waals surface area contributed by atoms with Crippen LogP contribution in [-0.2, 0) is 13.1 Å². The molecule has 2 aliphatic rings. The Morgan fingerprint density at radius 2 is 1.32 bits per heavy atom. The van der Waals surface area contributed by atoms with E-state index in [0.717, 1.165) is 81.3 Å². The first-order chi connectivity index (χ1) is 28.9. The van der Waals surface area contributed by atoms with Crippen LogP contribution in [0.4, 0.5) is 17.3 Å². The molecule has 2 fully saturated rings. The molecule has 8 aromatic rings. The van der Waals surface area contributed by atoms with Crippen LogP contribution in [-0.4, -0.2) is 113 Å². The summed E-state index contributed by atoms with van der Waals surface area (Å²) in [6, 6.07) is 26.2. The average molecular weight is 796 g/mol. The van der Waals surface area contributed by atoms with Crippen LogP contribution in [0.1, 0.15) is 17.3 Å². The van der Waals surface area contributed by atoms with Crippen LogP contribution in [0.25, 0.3) is 39.6 Å². The standard InChI is InChI=1S/C28H29N11O2.C13H16N4O/c1-19-32-33-26(41-19)21-8-5-9-22(16-21)36-13-10-35(11-14-36)12-15-37-24-23(17-30-37)25-34-38(18-20-6-3-2-4-7-20)28(40)39(25)27(29)31-24;1-10-15-16-13(18-10)11-3-2-4-12(9-11)17-7-5-14-6-8-17/h2-9,16-17H,10-15,18H2,1H3,(H2,29,31);2-4,9,14H,5-8H2,1H3. The monoisotopic (exact) mass is 795 g/mol. The molecule has 18 nitrogen and oxygen atoms in total. The first-order valence-electron chi connectivity index (χ1n) is 19.7. The van der Waals surface area contributed by atoms with Crippen molar-refractivity contribution in [2.24, 2.45) is 0 Å². The lowest BCUT2D eigenvalue weighted by Gasteiger charge is -2.36. The Morgan fingerprint density at radius 3 is 1.93 bits per heavy atom. The molecule has 0 atom stereocenters. The number of nitrogens with one attached hydrogen (secondary N) is 1. The van der Waals surface area contributed by atoms with Gasteiger partial charge in [-0.05, 0) is 42.0 Å². The number of anilines is 3. The summed E-state index contributed by atoms with van der Waals surface area (Å²) in [6.07, 6.45) is 1.71. The van der Waals surface area contributed by atoms with E-state index < -0.39 is 0 Å². The fourth-order valence-electron chi connectivity index (χ4n) is 7.51. The molecule has 0 radical (unpaired) electrons. The first kappa shape index (κ1) is 37.6. The maximum atomic E-state index is 13.1. The van der Waals surface area contributed by atoms with Crippen molar-refractivity contribution >= 4 is 34.0 Å². The van der Waals surface area contributed by atoms with Crippen molar-refractivity contribution in [2.75, 3.05) is 74.4 Å². The Bertz CT molecular complexity index is 2740. The van der Waals surface area contributed by atoms with Crippen LogP contribution in [0.2, 0.25) is 0 Å². The lowest BCUT2D eigenvalue weighted by molar-refractivity contribution is 0.245. The van der Waals surface area contributed by atoms with Gasteiger partial charge >= 0.3 is 5.69 Å². The number of hydrogen-bond donors (Lipinski definition) is 2. The highest BCUT2D eigenvalue weighted by Gasteiger charge is 2.21. The van der Waals surface area contributed by atoms with Crippen molar-refractivity contribution in [1.82, 2.24) is 59.6 Å². The Labute approximate surface area is 338 Å². The normalized spacial score (nSPS) is 14.9. The lowest BCUT2D eigenvalue weighted by atomic mass is 10.1. The van der Waals surface area contributed by atoms with Crippen molar-refractivity contribution in [2.45, 2.75) is 26.9 Å². The fourth-order valence-corrected chi connectivity index (χ4v) is 7.51. The summed E-state index contributed by atoms with van der Waals surface area (Å²) in [5.74, 6) is 2.37. The number of piperazine rings is 2. The van der Waals surface area contributed by atoms with Gasteiger partial charge in [0.1, 0.15) is 0 Å². The molecule has 0 bridgehead atoms. The van der Waals surface area contributed by atoms with Gasteiger partial charge in [-0.25, -0.2) is 18.6 Å². The van der Waals surface area contributed by atoms with Gasteiger partial charge in [-0.15, -0.1) is 25.5 Å². The number of nitrogens with zero attached hydrogens (tertiary/aromatic N) is 13. The van der Waals surface area contributed by atoms with E-state index in [2.05, 4.69) is 79.9 Å². The van der Waals surface area contributed by atoms with Crippen LogP contribution in [0.3, 0.4) is 0 Å². The number of rotatable bonds is 9. The Morgan fingerprint density at radius 1 is 0.695 bits per heavy atom. The van der Waals surface area contributed by atoms with Gasteiger partial charge in [-0.3, -0.25) is 4.90 Å². The second-order valence-corrected chi connectivity index (χ2v) is 14.6. The predicted octanol–water partition coefficient (Wildman–Crippen LogP) is 3.51. The summed E-state index contributed by atoms with van der Waals surface area (Å²) in [6.45, 7) is 13.2. The number of aromatic nitrogens is 10. The van der Waals surface area contributed by atoms with Gasteiger partial charge in [-0.1, -0.05) is 42.5 Å². The minimum atomic E-state index is -0.320. The Balaban J connectivity index is 0.000000208. The van der Waals surface area contributed by atoms with Crippen LogP contribution in [0.5, 0.6) is 0 Å². The Kier molecular flexibility index (Phi) is 10.5. The third-order valence-corrected chi connectivity index (χ3v) is 10.6. The number of aryl methyl sites for hydroxylation is 2. The number of fused-ring (bicyclic) bond motifs is 3. The molecule has 0 aliphatic carbocycles. The summed E-state index contributed by atoms with van der Waals surface area (Å²) in [4.78, 5) is 24.7. The maximum Gasteiger partial charge on any atom is 0.353 e. The van der Waals surface area contributed by atoms with Gasteiger partial charge < -0.3 is 29.7 Å². The predicted molar refractivity (Wildman–Crippen MR) is 223 cm³/mol. The largest absolute Gasteiger partial charge is 0.421 e. The molecular formula is C41H45N15O3. The van der Waals surface area contributed by atoms with Gasteiger partial charge in [0, 0.05) is 95.3 Å². The zero-order valence-electron chi connectivity index (χ0n) is 33.0. The highest BCUT2D eigenvalue weighted by atomic mass is 16.4. The molecule has 302 valence electrons. The molecule has 7 heterocycles. The molecule has 59 heavy (non-hydrogen) atoms. The van der Waals surface area contributed by atoms with Gasteiger partial charge in [0.05, 0.1) is 24.7 Å². The second kappa shape index (κ2) is 16.5. The third kappa shape index (κ3) is 8.12. The number of nitrogens with two attached hydrogens (primary N) is 1. The molecule has 0 spiro atoms. The van der Waals surface area contributed by atoms with Gasteiger partial charge in [0.2, 0.25) is 29.5 Å². The minimum absolute atomic E-state index is 0.102. The number of nitrogen functional groups attached to an aromatic ring is 1. The van der Waals surface area contributed by atoms with E-state index in [-0.39, 0.29) is 11.6 Å². The highest BCUT2D eigenvalue weighted by Crippen LogP contribution is 2.26. The van der Waals surface area contributed by atoms with E-state index in [1.807, 2.05) is 59.3 Å². The second-order valence-electron chi connectivity index (χ2n) is 14.6. The minimum Gasteiger partial charge on any atom is -0.421 e. The third-order valence-electron chi connectivity index (χ3n) is 10.6. The average Bonchev–Trinajstić information content (AvgIpc) is 4.08. The zero-order valence-corrected chi connectivity index (χ0v) is 33.0. The molecule has 2 aliphatic heterocycles. The Hall–Kier alpha value is -6.92. The molecule has 0 unspecified atom stereocenters. The van der Waals surface area contributed by atoms with Crippen LogP contribution in [0.15, 0.2) is 98.7 Å². The lowest BCUT2D eigenvalue weighted by Crippen LogP contribution is -2.47. The molecule has 0 amide bonds. The summed E-state index contributed by atoms with van der Waals surface area (Å²) >= 11 is 0. The van der Waals surface area contributed by atoms with Crippen molar-refractivity contribution in [1.29, 1.82) is 0 Å². The number of hydrogen-bond acceptors (Lipinski definition) is 15. The van der Waals surface area contributed by atoms with Crippen molar-refractivity contribution in [3.8, 4) is 22.9 Å². The smallest absolute Gasteiger partial charge is 0.353 e. The van der Waals surface area contributed by atoms with Crippen molar-refractivity contribution < 1.29 is 8.83 Å². The van der Waals surface area contributed by atoms with Crippen molar-refractivity contribution in [3.05, 3.63) is 113 Å². The zero-order chi connectivity index (χ0) is 40.3. The number of benzene rings is 3. The summed E-state index contributed by atoms with van der Waals surface area (Å²) in [5.41, 5.74) is 12.2. The van der Waals surface area contributed by atoms with E-state index in [1.54, 1.807) is 20.0 Å². The molecule has 10 rings (SSSR count). The molecule has 2 saturated heterocycles. The maximum absolute atomic E-state index is 13.1. The van der Waals surface area contributed by atoms with Gasteiger partial charge in [0.15, 0.2) is 11.3 Å². The molecule has 3 aromatic carbocycles. The van der Waals surface area contributed by atoms with E-state index in [1.165, 1.54) is 14.8 Å². The highest BCUT2D eigenvalue weighted by molar-refractivity contribution is 5.89. The molecule has 5 aromatic heterocycles. The van der Waals surface area contributed by atoms with E-state index in [0.29, 0.717) is 53.3 Å². The van der Waals surface area contributed by atoms with Crippen LogP contribution < -0.4 is 26.5 Å². The van der Waals surface area contributed by atoms with Gasteiger partial charge in [-0.2, -0.15) is 10.1 Å². The summed E-state index contributed by atoms with van der Waals surface area (Å²) in [7, 11) is 0. The summed E-state index contributed by atoms with van der Waals surface area (Å²) < 4.78 is 15.7. The SMILES string of the molecule is Cc1nnc(-c2cccc(N3CCN(CCn4ncc5c4nc(N)n4c(=O)n(Cc6ccccc6)nc54)CC3)c2)o1.Cc1nnc(-c2cccc(N3CCNCC3)c2)o1. The van der Waals surface area contributed by atoms with Gasteiger partial charge in [0.25, 0.3) is 0 Å². The molecular weight excluding hydrogens is 751 g/mol. The van der Waals surface area contributed by atoms with Crippen molar-refractivity contribution in [3.63, 3.8) is 0 Å². The molecule has 18 heteroatoms. The first-order valence-corrected chi connectivity index (χ1v) is 19.7. The molecule has 3 N–H and O–H groups in total. The van der Waals surface area contributed by atoms with Crippen LogP contribution in [0, 0.1) is 13.8 Å². The summed E-state index contributed by atoms with van der Waals surface area (Å²) in [5, 5.41) is 29.2.